The van der Waals surface area contributed by atoms with Crippen LogP contribution in [0.3, 0.4) is 0 Å². The van der Waals surface area contributed by atoms with E-state index in [1.54, 1.807) is 48.5 Å². The second-order valence-corrected chi connectivity index (χ2v) is 6.72. The highest BCUT2D eigenvalue weighted by atomic mass is 35.5. The smallest absolute Gasteiger partial charge is 0.291 e. The number of hydrogen-bond acceptors (Lipinski definition) is 5. The first-order valence-corrected chi connectivity index (χ1v) is 9.23. The van der Waals surface area contributed by atoms with Crippen molar-refractivity contribution in [3.63, 3.8) is 0 Å². The molecule has 0 saturated heterocycles. The molecule has 0 radical (unpaired) electrons. The van der Waals surface area contributed by atoms with Gasteiger partial charge in [-0.3, -0.25) is 9.59 Å². The topological polar surface area (TPSA) is 92.6 Å². The van der Waals surface area contributed by atoms with Gasteiger partial charge in [0.25, 0.3) is 5.91 Å². The third-order valence-electron chi connectivity index (χ3n) is 3.85. The predicted octanol–water partition coefficient (Wildman–Crippen LogP) is 4.90. The summed E-state index contributed by atoms with van der Waals surface area (Å²) in [5.41, 5.74) is 1.47. The first-order chi connectivity index (χ1) is 14.0. The van der Waals surface area contributed by atoms with E-state index in [2.05, 4.69) is 16.0 Å². The number of methoxy groups -OCH3 is 1. The average molecular weight is 434 g/mol. The number of furan rings is 1. The maximum absolute atomic E-state index is 12.3. The van der Waals surface area contributed by atoms with Gasteiger partial charge in [-0.1, -0.05) is 23.2 Å². The van der Waals surface area contributed by atoms with E-state index in [1.807, 2.05) is 0 Å². The number of benzene rings is 2. The van der Waals surface area contributed by atoms with Crippen LogP contribution in [-0.4, -0.2) is 25.5 Å². The zero-order valence-electron chi connectivity index (χ0n) is 15.3. The Bertz CT molecular complexity index is 1020. The third kappa shape index (κ3) is 5.43. The number of carbonyl (C=O) groups is 2. The molecule has 2 amide bonds. The largest absolute Gasteiger partial charge is 0.495 e. The van der Waals surface area contributed by atoms with Crippen LogP contribution in [-0.2, 0) is 4.79 Å². The minimum Gasteiger partial charge on any atom is -0.495 e. The molecule has 1 aromatic heterocycles. The number of carbonyl (C=O) groups excluding carboxylic acids is 2. The normalized spacial score (nSPS) is 10.3. The van der Waals surface area contributed by atoms with Crippen LogP contribution in [0.5, 0.6) is 5.75 Å². The monoisotopic (exact) mass is 433 g/mol. The van der Waals surface area contributed by atoms with E-state index in [4.69, 9.17) is 32.4 Å². The number of halogens is 2. The van der Waals surface area contributed by atoms with Crippen molar-refractivity contribution in [3.05, 3.63) is 70.6 Å². The summed E-state index contributed by atoms with van der Waals surface area (Å²) in [6.07, 6.45) is 1.40. The molecular weight excluding hydrogens is 417 g/mol. The molecule has 0 spiro atoms. The van der Waals surface area contributed by atoms with Crippen LogP contribution in [0.2, 0.25) is 10.0 Å². The zero-order valence-corrected chi connectivity index (χ0v) is 16.8. The van der Waals surface area contributed by atoms with Crippen LogP contribution in [0, 0.1) is 0 Å². The molecule has 0 aliphatic heterocycles. The minimum absolute atomic E-state index is 0.0467. The van der Waals surface area contributed by atoms with Gasteiger partial charge < -0.3 is 25.1 Å². The van der Waals surface area contributed by atoms with E-state index >= 15 is 0 Å². The predicted molar refractivity (Wildman–Crippen MR) is 113 cm³/mol. The number of nitrogens with one attached hydrogen (secondary N) is 3. The van der Waals surface area contributed by atoms with Crippen molar-refractivity contribution in [2.24, 2.45) is 0 Å². The van der Waals surface area contributed by atoms with Gasteiger partial charge in [-0.25, -0.2) is 0 Å². The van der Waals surface area contributed by atoms with Gasteiger partial charge in [-0.15, -0.1) is 0 Å². The molecule has 2 aromatic carbocycles. The highest BCUT2D eigenvalue weighted by Gasteiger charge is 2.13. The third-order valence-corrected chi connectivity index (χ3v) is 4.38. The van der Waals surface area contributed by atoms with Gasteiger partial charge in [-0.2, -0.15) is 0 Å². The summed E-state index contributed by atoms with van der Waals surface area (Å²) in [6, 6.07) is 13.0. The molecule has 0 aliphatic carbocycles. The molecule has 0 aliphatic rings. The van der Waals surface area contributed by atoms with E-state index in [1.165, 1.54) is 13.4 Å². The van der Waals surface area contributed by atoms with Crippen LogP contribution >= 0.6 is 23.2 Å². The number of ether oxygens (including phenoxy) is 1. The quantitative estimate of drug-likeness (QED) is 0.492. The van der Waals surface area contributed by atoms with Gasteiger partial charge in [0, 0.05) is 10.7 Å². The van der Waals surface area contributed by atoms with Gasteiger partial charge in [-0.05, 0) is 48.5 Å². The summed E-state index contributed by atoms with van der Waals surface area (Å²) in [4.78, 5) is 24.5. The van der Waals surface area contributed by atoms with Gasteiger partial charge in [0.2, 0.25) is 5.91 Å². The van der Waals surface area contributed by atoms with Gasteiger partial charge >= 0.3 is 0 Å². The SMILES string of the molecule is COc1ccc(NC(=O)CNc2ccc(Cl)cc2NC(=O)c2ccco2)cc1Cl. The number of anilines is 3. The van der Waals surface area contributed by atoms with E-state index in [-0.39, 0.29) is 18.2 Å². The molecule has 150 valence electrons. The second-order valence-electron chi connectivity index (χ2n) is 5.87. The maximum atomic E-state index is 12.3. The van der Waals surface area contributed by atoms with Crippen molar-refractivity contribution in [3.8, 4) is 5.75 Å². The molecule has 9 heteroatoms. The lowest BCUT2D eigenvalue weighted by molar-refractivity contribution is -0.114. The lowest BCUT2D eigenvalue weighted by Gasteiger charge is -2.13. The minimum atomic E-state index is -0.433. The fourth-order valence-corrected chi connectivity index (χ4v) is 2.92. The van der Waals surface area contributed by atoms with Crippen LogP contribution in [0.1, 0.15) is 10.6 Å². The highest BCUT2D eigenvalue weighted by Crippen LogP contribution is 2.28. The Morgan fingerprint density at radius 1 is 1.03 bits per heavy atom. The summed E-state index contributed by atoms with van der Waals surface area (Å²) < 4.78 is 10.2. The Labute approximate surface area is 176 Å². The van der Waals surface area contributed by atoms with E-state index < -0.39 is 5.91 Å². The summed E-state index contributed by atoms with van der Waals surface area (Å²) >= 11 is 12.1. The first kappa shape index (κ1) is 20.6. The molecule has 0 bridgehead atoms. The van der Waals surface area contributed by atoms with Gasteiger partial charge in [0.1, 0.15) is 5.75 Å². The molecule has 1 heterocycles. The summed E-state index contributed by atoms with van der Waals surface area (Å²) in [7, 11) is 1.51. The molecule has 3 aromatic rings. The molecule has 0 fully saturated rings. The van der Waals surface area contributed by atoms with Crippen molar-refractivity contribution in [1.29, 1.82) is 0 Å². The molecular formula is C20H17Cl2N3O4. The molecule has 3 rings (SSSR count). The molecule has 7 nitrogen and oxygen atoms in total. The highest BCUT2D eigenvalue weighted by molar-refractivity contribution is 6.32. The molecule has 0 unspecified atom stereocenters. The molecule has 3 N–H and O–H groups in total. The number of rotatable bonds is 7. The Kier molecular flexibility index (Phi) is 6.64. The molecule has 29 heavy (non-hydrogen) atoms. The van der Waals surface area contributed by atoms with Gasteiger partial charge in [0.15, 0.2) is 5.76 Å². The van der Waals surface area contributed by atoms with Crippen molar-refractivity contribution in [2.45, 2.75) is 0 Å². The molecule has 0 atom stereocenters. The zero-order chi connectivity index (χ0) is 20.8. The summed E-state index contributed by atoms with van der Waals surface area (Å²) in [5, 5.41) is 9.23. The lowest BCUT2D eigenvalue weighted by atomic mass is 10.2. The second kappa shape index (κ2) is 9.36. The van der Waals surface area contributed by atoms with Gasteiger partial charge in [0.05, 0.1) is 36.3 Å². The Balaban J connectivity index is 1.64. The summed E-state index contributed by atoms with van der Waals surface area (Å²) in [5.74, 6) is -0.0620. The van der Waals surface area contributed by atoms with Crippen molar-refractivity contribution < 1.29 is 18.7 Å². The lowest BCUT2D eigenvalue weighted by Crippen LogP contribution is -2.22. The van der Waals surface area contributed by atoms with Crippen LogP contribution in [0.4, 0.5) is 17.1 Å². The molecule has 0 saturated carbocycles. The van der Waals surface area contributed by atoms with Crippen molar-refractivity contribution in [1.82, 2.24) is 0 Å². The average Bonchev–Trinajstić information content (AvgIpc) is 3.22. The van der Waals surface area contributed by atoms with E-state index in [0.29, 0.717) is 32.9 Å². The number of hydrogen-bond donors (Lipinski definition) is 3. The Morgan fingerprint density at radius 3 is 2.55 bits per heavy atom. The standard InChI is InChI=1S/C20H17Cl2N3O4/c1-28-17-7-5-13(10-14(17)22)24-19(26)11-23-15-6-4-12(21)9-16(15)25-20(27)18-3-2-8-29-18/h2-10,23H,11H2,1H3,(H,24,26)(H,25,27). The van der Waals surface area contributed by atoms with Crippen molar-refractivity contribution >= 4 is 52.1 Å². The fraction of sp³-hybridized carbons (Fsp3) is 0.100. The summed E-state index contributed by atoms with van der Waals surface area (Å²) in [6.45, 7) is -0.0467. The van der Waals surface area contributed by atoms with Crippen molar-refractivity contribution in [2.75, 3.05) is 29.6 Å². The Hall–Kier alpha value is -3.16. The van der Waals surface area contributed by atoms with Crippen LogP contribution in [0.15, 0.2) is 59.2 Å². The van der Waals surface area contributed by atoms with Crippen LogP contribution < -0.4 is 20.7 Å². The van der Waals surface area contributed by atoms with Crippen LogP contribution in [0.25, 0.3) is 0 Å². The number of amides is 2. The van der Waals surface area contributed by atoms with E-state index in [9.17, 15) is 9.59 Å². The maximum Gasteiger partial charge on any atom is 0.291 e. The first-order valence-electron chi connectivity index (χ1n) is 8.48. The van der Waals surface area contributed by atoms with E-state index in [0.717, 1.165) is 0 Å². The fourth-order valence-electron chi connectivity index (χ4n) is 2.49. The Morgan fingerprint density at radius 2 is 1.86 bits per heavy atom.